The Labute approximate surface area is 213 Å². The quantitative estimate of drug-likeness (QED) is 0.172. The molecule has 0 radical (unpaired) electrons. The Morgan fingerprint density at radius 3 is 2.72 bits per heavy atom. The number of likely N-dealkylation sites (tertiary alicyclic amines) is 1. The number of benzene rings is 2. The van der Waals surface area contributed by atoms with Crippen LogP contribution in [0.5, 0.6) is 5.75 Å². The van der Waals surface area contributed by atoms with Gasteiger partial charge in [-0.2, -0.15) is 0 Å². The number of hydrogen-bond donors (Lipinski definition) is 3. The first kappa shape index (κ1) is 27.0. The molecule has 0 atom stereocenters. The van der Waals surface area contributed by atoms with Gasteiger partial charge < -0.3 is 26.3 Å². The van der Waals surface area contributed by atoms with Gasteiger partial charge in [0.2, 0.25) is 0 Å². The summed E-state index contributed by atoms with van der Waals surface area (Å²) in [6.45, 7) is 5.09. The van der Waals surface area contributed by atoms with Gasteiger partial charge in [-0.05, 0) is 68.5 Å². The Bertz CT molecular complexity index is 1070. The smallest absolute Gasteiger partial charge is 0.251 e. The zero-order chi connectivity index (χ0) is 25.6. The van der Waals surface area contributed by atoms with E-state index in [0.29, 0.717) is 43.3 Å². The lowest BCUT2D eigenvalue weighted by Crippen LogP contribution is -2.25. The summed E-state index contributed by atoms with van der Waals surface area (Å²) < 4.78 is 11.8. The van der Waals surface area contributed by atoms with Crippen LogP contribution in [-0.4, -0.2) is 63.0 Å². The zero-order valence-electron chi connectivity index (χ0n) is 21.0. The van der Waals surface area contributed by atoms with Crippen molar-refractivity contribution in [1.29, 1.82) is 0 Å². The number of carbonyl (C=O) groups is 1. The molecule has 192 valence electrons. The van der Waals surface area contributed by atoms with Crippen LogP contribution < -0.4 is 21.5 Å². The van der Waals surface area contributed by atoms with Gasteiger partial charge >= 0.3 is 0 Å². The van der Waals surface area contributed by atoms with Gasteiger partial charge in [0.15, 0.2) is 0 Å². The third-order valence-electron chi connectivity index (χ3n) is 5.88. The molecule has 0 spiro atoms. The van der Waals surface area contributed by atoms with E-state index in [1.165, 1.54) is 19.0 Å². The van der Waals surface area contributed by atoms with Gasteiger partial charge in [0.05, 0.1) is 18.9 Å². The summed E-state index contributed by atoms with van der Waals surface area (Å²) in [6, 6.07) is 12.9. The van der Waals surface area contributed by atoms with Gasteiger partial charge in [0.25, 0.3) is 5.91 Å². The number of hydrogen-bond acceptors (Lipinski definition) is 7. The van der Waals surface area contributed by atoms with Crippen molar-refractivity contribution >= 4 is 17.3 Å². The third kappa shape index (κ3) is 8.55. The standard InChI is InChI=1S/C28H37N5O3/c1-31-26(11-12-29)22-7-6-8-23(19-22)28(34)32-13-2-5-17-35-21-24-20-25(30)9-10-27(24)36-18-16-33-14-3-4-15-33/h2,5-12,19-20H,3-4,13-18,21,29-30H2,1H3,(H,32,34)/b5-2+,12-11-,31-26?. The van der Waals surface area contributed by atoms with Crippen LogP contribution in [0.4, 0.5) is 5.69 Å². The lowest BCUT2D eigenvalue weighted by Gasteiger charge is -2.17. The minimum atomic E-state index is -0.162. The molecule has 0 aliphatic carbocycles. The topological polar surface area (TPSA) is 115 Å². The van der Waals surface area contributed by atoms with E-state index in [1.54, 1.807) is 25.3 Å². The molecule has 2 aromatic carbocycles. The second-order valence-corrected chi connectivity index (χ2v) is 8.51. The average molecular weight is 492 g/mol. The Hall–Kier alpha value is -3.62. The SMILES string of the molecule is CN=C(/C=C\N)c1cccc(C(=O)NC/C=C/COCc2cc(N)ccc2OCCN2CCCC2)c1. The monoisotopic (exact) mass is 491 g/mol. The highest BCUT2D eigenvalue weighted by molar-refractivity contribution is 6.09. The van der Waals surface area contributed by atoms with Crippen LogP contribution in [0.3, 0.4) is 0 Å². The van der Waals surface area contributed by atoms with Crippen LogP contribution in [0.2, 0.25) is 0 Å². The van der Waals surface area contributed by atoms with Crippen molar-refractivity contribution in [2.24, 2.45) is 10.7 Å². The van der Waals surface area contributed by atoms with E-state index in [0.717, 1.165) is 36.5 Å². The molecule has 0 unspecified atom stereocenters. The summed E-state index contributed by atoms with van der Waals surface area (Å²) in [5.41, 5.74) is 15.1. The molecule has 1 aliphatic heterocycles. The number of aliphatic imine (C=N–C) groups is 1. The van der Waals surface area contributed by atoms with Crippen molar-refractivity contribution in [3.8, 4) is 5.75 Å². The van der Waals surface area contributed by atoms with E-state index in [-0.39, 0.29) is 5.91 Å². The maximum atomic E-state index is 12.5. The second-order valence-electron chi connectivity index (χ2n) is 8.51. The van der Waals surface area contributed by atoms with Crippen molar-refractivity contribution in [3.05, 3.63) is 83.6 Å². The molecule has 0 bridgehead atoms. The minimum absolute atomic E-state index is 0.162. The van der Waals surface area contributed by atoms with E-state index in [4.69, 9.17) is 20.9 Å². The summed E-state index contributed by atoms with van der Waals surface area (Å²) in [5, 5.41) is 2.88. The van der Waals surface area contributed by atoms with Crippen molar-refractivity contribution in [3.63, 3.8) is 0 Å². The summed E-state index contributed by atoms with van der Waals surface area (Å²) in [7, 11) is 1.69. The predicted molar refractivity (Wildman–Crippen MR) is 145 cm³/mol. The molecule has 1 saturated heterocycles. The molecule has 5 N–H and O–H groups in total. The minimum Gasteiger partial charge on any atom is -0.492 e. The molecular formula is C28H37N5O3. The number of anilines is 1. The number of rotatable bonds is 13. The van der Waals surface area contributed by atoms with Crippen LogP contribution in [0, 0.1) is 0 Å². The first-order chi connectivity index (χ1) is 17.6. The van der Waals surface area contributed by atoms with E-state index in [2.05, 4.69) is 15.2 Å². The molecule has 1 amide bonds. The van der Waals surface area contributed by atoms with Crippen molar-refractivity contribution < 1.29 is 14.3 Å². The highest BCUT2D eigenvalue weighted by atomic mass is 16.5. The van der Waals surface area contributed by atoms with Gasteiger partial charge in [-0.15, -0.1) is 0 Å². The molecular weight excluding hydrogens is 454 g/mol. The van der Waals surface area contributed by atoms with Crippen LogP contribution in [0.15, 0.2) is 71.9 Å². The number of carbonyl (C=O) groups excluding carboxylic acids is 1. The van der Waals surface area contributed by atoms with Crippen LogP contribution in [-0.2, 0) is 11.3 Å². The largest absolute Gasteiger partial charge is 0.492 e. The van der Waals surface area contributed by atoms with Crippen molar-refractivity contribution in [2.45, 2.75) is 19.4 Å². The molecule has 2 aromatic rings. The molecule has 1 heterocycles. The summed E-state index contributed by atoms with van der Waals surface area (Å²) >= 11 is 0. The number of nitrogens with zero attached hydrogens (tertiary/aromatic N) is 2. The molecule has 0 aromatic heterocycles. The summed E-state index contributed by atoms with van der Waals surface area (Å²) in [4.78, 5) is 19.1. The number of nitrogens with two attached hydrogens (primary N) is 2. The Morgan fingerprint density at radius 2 is 1.94 bits per heavy atom. The number of ether oxygens (including phenoxy) is 2. The van der Waals surface area contributed by atoms with Gasteiger partial charge in [0.1, 0.15) is 12.4 Å². The third-order valence-corrected chi connectivity index (χ3v) is 5.88. The zero-order valence-corrected chi connectivity index (χ0v) is 21.0. The van der Waals surface area contributed by atoms with Crippen molar-refractivity contribution in [1.82, 2.24) is 10.2 Å². The maximum Gasteiger partial charge on any atom is 0.251 e. The fraction of sp³-hybridized carbons (Fsp3) is 0.357. The lowest BCUT2D eigenvalue weighted by molar-refractivity contribution is 0.0957. The fourth-order valence-electron chi connectivity index (χ4n) is 4.00. The van der Waals surface area contributed by atoms with Gasteiger partial charge in [-0.25, -0.2) is 0 Å². The maximum absolute atomic E-state index is 12.5. The van der Waals surface area contributed by atoms with Crippen molar-refractivity contribution in [2.75, 3.05) is 52.2 Å². The van der Waals surface area contributed by atoms with E-state index in [9.17, 15) is 4.79 Å². The number of nitrogens with one attached hydrogen (secondary N) is 1. The normalized spacial score (nSPS) is 14.6. The molecule has 0 saturated carbocycles. The van der Waals surface area contributed by atoms with Gasteiger partial charge in [-0.3, -0.25) is 14.7 Å². The summed E-state index contributed by atoms with van der Waals surface area (Å²) in [6.07, 6.45) is 9.42. The van der Waals surface area contributed by atoms with Crippen LogP contribution >= 0.6 is 0 Å². The second kappa shape index (κ2) is 14.7. The lowest BCUT2D eigenvalue weighted by atomic mass is 10.1. The van der Waals surface area contributed by atoms with Gasteiger partial charge in [0, 0.05) is 42.5 Å². The number of amides is 1. The number of nitrogen functional groups attached to an aromatic ring is 1. The summed E-state index contributed by atoms with van der Waals surface area (Å²) in [5.74, 6) is 0.644. The average Bonchev–Trinajstić information content (AvgIpc) is 3.41. The van der Waals surface area contributed by atoms with E-state index >= 15 is 0 Å². The first-order valence-electron chi connectivity index (χ1n) is 12.3. The van der Waals surface area contributed by atoms with Crippen LogP contribution in [0.25, 0.3) is 0 Å². The molecule has 1 fully saturated rings. The Morgan fingerprint density at radius 1 is 1.14 bits per heavy atom. The van der Waals surface area contributed by atoms with Gasteiger partial charge in [-0.1, -0.05) is 24.3 Å². The highest BCUT2D eigenvalue weighted by Crippen LogP contribution is 2.22. The molecule has 1 aliphatic rings. The van der Waals surface area contributed by atoms with E-state index < -0.39 is 0 Å². The predicted octanol–water partition coefficient (Wildman–Crippen LogP) is 3.14. The highest BCUT2D eigenvalue weighted by Gasteiger charge is 2.12. The molecule has 3 rings (SSSR count). The Balaban J connectivity index is 1.40. The fourth-order valence-corrected chi connectivity index (χ4v) is 4.00. The number of allylic oxidation sites excluding steroid dienone is 1. The van der Waals surface area contributed by atoms with E-state index in [1.807, 2.05) is 42.5 Å². The molecule has 36 heavy (non-hydrogen) atoms. The molecule has 8 nitrogen and oxygen atoms in total. The Kier molecular flexibility index (Phi) is 11.0. The molecule has 8 heteroatoms. The van der Waals surface area contributed by atoms with Crippen LogP contribution in [0.1, 0.15) is 34.3 Å². The first-order valence-corrected chi connectivity index (χ1v) is 12.3.